The summed E-state index contributed by atoms with van der Waals surface area (Å²) in [5.74, 6) is 1.06. The van der Waals surface area contributed by atoms with Gasteiger partial charge in [0.05, 0.1) is 25.4 Å². The molecular weight excluding hydrogens is 292 g/mol. The van der Waals surface area contributed by atoms with Crippen LogP contribution in [-0.4, -0.2) is 25.1 Å². The minimum absolute atomic E-state index is 0.232. The van der Waals surface area contributed by atoms with Crippen molar-refractivity contribution in [2.45, 2.75) is 0 Å². The molecule has 0 spiro atoms. The maximum absolute atomic E-state index is 12.5. The van der Waals surface area contributed by atoms with Crippen LogP contribution in [0.2, 0.25) is 0 Å². The largest absolute Gasteiger partial charge is 0.497 e. The molecule has 1 amide bonds. The number of nitrogens with one attached hydrogen (secondary N) is 1. The Morgan fingerprint density at radius 2 is 1.83 bits per heavy atom. The van der Waals surface area contributed by atoms with Crippen LogP contribution in [0.1, 0.15) is 10.4 Å². The molecular formula is C18H16N2O3. The van der Waals surface area contributed by atoms with Gasteiger partial charge in [0.1, 0.15) is 11.5 Å². The molecule has 0 atom stereocenters. The molecule has 0 aliphatic rings. The van der Waals surface area contributed by atoms with Crippen LogP contribution < -0.4 is 14.8 Å². The van der Waals surface area contributed by atoms with E-state index >= 15 is 0 Å². The van der Waals surface area contributed by atoms with Crippen molar-refractivity contribution in [3.05, 3.63) is 60.3 Å². The van der Waals surface area contributed by atoms with Gasteiger partial charge in [0, 0.05) is 23.2 Å². The minimum atomic E-state index is -0.232. The quantitative estimate of drug-likeness (QED) is 0.801. The predicted molar refractivity (Wildman–Crippen MR) is 89.2 cm³/mol. The number of benzene rings is 2. The number of pyridine rings is 1. The van der Waals surface area contributed by atoms with E-state index in [0.29, 0.717) is 28.3 Å². The Kier molecular flexibility index (Phi) is 4.10. The summed E-state index contributed by atoms with van der Waals surface area (Å²) in [5.41, 5.74) is 1.83. The van der Waals surface area contributed by atoms with Crippen LogP contribution in [0.15, 0.2) is 54.7 Å². The second kappa shape index (κ2) is 6.36. The van der Waals surface area contributed by atoms with Gasteiger partial charge in [-0.25, -0.2) is 0 Å². The number of hydrogen-bond acceptors (Lipinski definition) is 4. The van der Waals surface area contributed by atoms with Crippen molar-refractivity contribution in [3.63, 3.8) is 0 Å². The molecule has 0 saturated heterocycles. The number of carbonyl (C=O) groups is 1. The molecule has 3 aromatic rings. The Hall–Kier alpha value is -3.08. The van der Waals surface area contributed by atoms with Crippen LogP contribution >= 0.6 is 0 Å². The lowest BCUT2D eigenvalue weighted by Crippen LogP contribution is -2.12. The summed E-state index contributed by atoms with van der Waals surface area (Å²) in [6, 6.07) is 14.4. The van der Waals surface area contributed by atoms with Crippen molar-refractivity contribution < 1.29 is 14.3 Å². The third-order valence-electron chi connectivity index (χ3n) is 3.49. The van der Waals surface area contributed by atoms with Crippen molar-refractivity contribution in [2.75, 3.05) is 19.5 Å². The Morgan fingerprint density at radius 1 is 1.00 bits per heavy atom. The molecule has 5 heteroatoms. The Morgan fingerprint density at radius 3 is 2.61 bits per heavy atom. The molecule has 0 unspecified atom stereocenters. The van der Waals surface area contributed by atoms with Crippen LogP contribution in [0.25, 0.3) is 10.9 Å². The number of amides is 1. The fourth-order valence-electron chi connectivity index (χ4n) is 2.34. The van der Waals surface area contributed by atoms with E-state index in [4.69, 9.17) is 9.47 Å². The van der Waals surface area contributed by atoms with E-state index in [1.165, 1.54) is 0 Å². The normalized spacial score (nSPS) is 10.3. The van der Waals surface area contributed by atoms with Gasteiger partial charge in [0.25, 0.3) is 5.91 Å². The number of fused-ring (bicyclic) bond motifs is 1. The number of rotatable bonds is 4. The molecule has 0 aliphatic carbocycles. The molecule has 0 radical (unpaired) electrons. The topological polar surface area (TPSA) is 60.5 Å². The maximum Gasteiger partial charge on any atom is 0.255 e. The van der Waals surface area contributed by atoms with Crippen molar-refractivity contribution in [1.82, 2.24) is 4.98 Å². The van der Waals surface area contributed by atoms with E-state index in [9.17, 15) is 4.79 Å². The van der Waals surface area contributed by atoms with Gasteiger partial charge in [-0.2, -0.15) is 0 Å². The molecule has 1 aromatic heterocycles. The highest BCUT2D eigenvalue weighted by Gasteiger charge is 2.11. The highest BCUT2D eigenvalue weighted by Crippen LogP contribution is 2.28. The molecule has 3 rings (SSSR count). The van der Waals surface area contributed by atoms with E-state index < -0.39 is 0 Å². The van der Waals surface area contributed by atoms with Gasteiger partial charge in [0.15, 0.2) is 0 Å². The number of carbonyl (C=O) groups excluding carboxylic acids is 1. The summed E-state index contributed by atoms with van der Waals surface area (Å²) in [6.45, 7) is 0. The van der Waals surface area contributed by atoms with Crippen LogP contribution in [0.5, 0.6) is 11.5 Å². The van der Waals surface area contributed by atoms with Crippen molar-refractivity contribution in [3.8, 4) is 11.5 Å². The predicted octanol–water partition coefficient (Wildman–Crippen LogP) is 3.50. The summed E-state index contributed by atoms with van der Waals surface area (Å²) in [7, 11) is 3.15. The smallest absolute Gasteiger partial charge is 0.255 e. The average molecular weight is 308 g/mol. The van der Waals surface area contributed by atoms with Gasteiger partial charge >= 0.3 is 0 Å². The monoisotopic (exact) mass is 308 g/mol. The third-order valence-corrected chi connectivity index (χ3v) is 3.49. The van der Waals surface area contributed by atoms with Crippen LogP contribution in [0.4, 0.5) is 5.69 Å². The fourth-order valence-corrected chi connectivity index (χ4v) is 2.34. The molecule has 1 N–H and O–H groups in total. The van der Waals surface area contributed by atoms with Crippen molar-refractivity contribution in [2.24, 2.45) is 0 Å². The molecule has 1 heterocycles. The molecule has 0 saturated carbocycles. The lowest BCUT2D eigenvalue weighted by atomic mass is 10.1. The first-order chi connectivity index (χ1) is 11.2. The number of aromatic nitrogens is 1. The van der Waals surface area contributed by atoms with E-state index in [1.54, 1.807) is 50.7 Å². The van der Waals surface area contributed by atoms with Crippen LogP contribution in [0, 0.1) is 0 Å². The van der Waals surface area contributed by atoms with Gasteiger partial charge in [-0.1, -0.05) is 12.1 Å². The number of ether oxygens (including phenoxy) is 2. The third kappa shape index (κ3) is 3.08. The van der Waals surface area contributed by atoms with Gasteiger partial charge in [-0.05, 0) is 30.3 Å². The zero-order valence-electron chi connectivity index (χ0n) is 12.9. The summed E-state index contributed by atoms with van der Waals surface area (Å²) in [4.78, 5) is 16.8. The first-order valence-corrected chi connectivity index (χ1v) is 7.09. The molecule has 5 nitrogen and oxygen atoms in total. The second-order valence-electron chi connectivity index (χ2n) is 4.94. The summed E-state index contributed by atoms with van der Waals surface area (Å²) < 4.78 is 10.4. The van der Waals surface area contributed by atoms with Gasteiger partial charge in [-0.15, -0.1) is 0 Å². The second-order valence-corrected chi connectivity index (χ2v) is 4.94. The number of nitrogens with zero attached hydrogens (tertiary/aromatic N) is 1. The van der Waals surface area contributed by atoms with E-state index in [-0.39, 0.29) is 5.91 Å². The lowest BCUT2D eigenvalue weighted by molar-refractivity contribution is 0.102. The van der Waals surface area contributed by atoms with Crippen molar-refractivity contribution >= 4 is 22.5 Å². The van der Waals surface area contributed by atoms with Gasteiger partial charge in [-0.3, -0.25) is 9.78 Å². The number of hydrogen-bond donors (Lipinski definition) is 1. The first kappa shape index (κ1) is 14.8. The summed E-state index contributed by atoms with van der Waals surface area (Å²) in [6.07, 6.45) is 1.69. The Balaban J connectivity index is 1.98. The number of methoxy groups -OCH3 is 2. The highest BCUT2D eigenvalue weighted by molar-refractivity contribution is 6.08. The molecule has 0 aliphatic heterocycles. The molecule has 0 fully saturated rings. The molecule has 2 aromatic carbocycles. The van der Waals surface area contributed by atoms with Gasteiger partial charge in [0.2, 0.25) is 0 Å². The molecule has 23 heavy (non-hydrogen) atoms. The maximum atomic E-state index is 12.5. The Bertz CT molecular complexity index is 862. The zero-order chi connectivity index (χ0) is 16.2. The summed E-state index contributed by atoms with van der Waals surface area (Å²) >= 11 is 0. The highest BCUT2D eigenvalue weighted by atomic mass is 16.5. The van der Waals surface area contributed by atoms with Crippen LogP contribution in [0.3, 0.4) is 0 Å². The van der Waals surface area contributed by atoms with E-state index in [0.717, 1.165) is 5.39 Å². The summed E-state index contributed by atoms with van der Waals surface area (Å²) in [5, 5.41) is 3.79. The van der Waals surface area contributed by atoms with E-state index in [2.05, 4.69) is 10.3 Å². The molecule has 0 bridgehead atoms. The minimum Gasteiger partial charge on any atom is -0.497 e. The lowest BCUT2D eigenvalue weighted by Gasteiger charge is -2.11. The number of anilines is 1. The Labute approximate surface area is 133 Å². The molecule has 116 valence electrons. The van der Waals surface area contributed by atoms with E-state index in [1.807, 2.05) is 18.2 Å². The standard InChI is InChI=1S/C18H16N2O3/c1-22-14-7-3-5-13(10-14)18(21)20-16-11-15(23-2)9-12-6-4-8-19-17(12)16/h3-11H,1-2H3,(H,20,21). The zero-order valence-corrected chi connectivity index (χ0v) is 12.9. The van der Waals surface area contributed by atoms with Crippen molar-refractivity contribution in [1.29, 1.82) is 0 Å². The van der Waals surface area contributed by atoms with Crippen LogP contribution in [-0.2, 0) is 0 Å². The first-order valence-electron chi connectivity index (χ1n) is 7.09. The average Bonchev–Trinajstić information content (AvgIpc) is 2.61. The fraction of sp³-hybridized carbons (Fsp3) is 0.111. The SMILES string of the molecule is COc1cccc(C(=O)Nc2cc(OC)cc3cccnc23)c1. The van der Waals surface area contributed by atoms with Gasteiger partial charge < -0.3 is 14.8 Å².